The Labute approximate surface area is 124 Å². The standard InChI is InChI=1S/C18H19NO2/c20-18(21)16-8-6-14(7-9-16)10-11-19-12-17(13-19)15-4-2-1-3-5-15/h1-9,17H,10-13H2,(H,20,21). The monoisotopic (exact) mass is 281 g/mol. The molecule has 0 spiro atoms. The van der Waals surface area contributed by atoms with Crippen LogP contribution in [0.15, 0.2) is 54.6 Å². The number of rotatable bonds is 5. The number of hydrogen-bond donors (Lipinski definition) is 1. The SMILES string of the molecule is O=C(O)c1ccc(CCN2CC(c3ccccc3)C2)cc1. The summed E-state index contributed by atoms with van der Waals surface area (Å²) in [6, 6.07) is 17.8. The van der Waals surface area contributed by atoms with E-state index in [1.54, 1.807) is 12.1 Å². The van der Waals surface area contributed by atoms with Crippen molar-refractivity contribution < 1.29 is 9.90 Å². The number of carbonyl (C=O) groups is 1. The van der Waals surface area contributed by atoms with Crippen LogP contribution in [0.2, 0.25) is 0 Å². The van der Waals surface area contributed by atoms with Gasteiger partial charge >= 0.3 is 5.97 Å². The molecule has 2 aromatic rings. The van der Waals surface area contributed by atoms with Gasteiger partial charge in [0.1, 0.15) is 0 Å². The van der Waals surface area contributed by atoms with E-state index in [9.17, 15) is 4.79 Å². The van der Waals surface area contributed by atoms with Crippen molar-refractivity contribution >= 4 is 5.97 Å². The van der Waals surface area contributed by atoms with Gasteiger partial charge in [-0.1, -0.05) is 42.5 Å². The van der Waals surface area contributed by atoms with Gasteiger partial charge in [0.2, 0.25) is 0 Å². The molecule has 0 bridgehead atoms. The lowest BCUT2D eigenvalue weighted by Crippen LogP contribution is -2.45. The second-order valence-electron chi connectivity index (χ2n) is 5.62. The number of aromatic carboxylic acids is 1. The predicted octanol–water partition coefficient (Wildman–Crippen LogP) is 3.03. The number of carboxylic acid groups (broad SMARTS) is 1. The van der Waals surface area contributed by atoms with E-state index >= 15 is 0 Å². The Morgan fingerprint density at radius 2 is 1.71 bits per heavy atom. The first-order valence-electron chi connectivity index (χ1n) is 7.32. The number of nitrogens with zero attached hydrogens (tertiary/aromatic N) is 1. The zero-order chi connectivity index (χ0) is 14.7. The van der Waals surface area contributed by atoms with E-state index < -0.39 is 5.97 Å². The fourth-order valence-electron chi connectivity index (χ4n) is 2.79. The van der Waals surface area contributed by atoms with Crippen LogP contribution >= 0.6 is 0 Å². The molecular formula is C18H19NO2. The Balaban J connectivity index is 1.46. The lowest BCUT2D eigenvalue weighted by Gasteiger charge is -2.39. The fourth-order valence-corrected chi connectivity index (χ4v) is 2.79. The van der Waals surface area contributed by atoms with Crippen molar-refractivity contribution in [1.82, 2.24) is 4.90 Å². The minimum atomic E-state index is -0.866. The summed E-state index contributed by atoms with van der Waals surface area (Å²) in [7, 11) is 0. The lowest BCUT2D eigenvalue weighted by molar-refractivity contribution is 0.0697. The minimum Gasteiger partial charge on any atom is -0.478 e. The molecule has 0 amide bonds. The Kier molecular flexibility index (Phi) is 4.02. The number of hydrogen-bond acceptors (Lipinski definition) is 2. The number of carboxylic acids is 1. The maximum Gasteiger partial charge on any atom is 0.335 e. The van der Waals surface area contributed by atoms with E-state index in [2.05, 4.69) is 35.2 Å². The van der Waals surface area contributed by atoms with Crippen molar-refractivity contribution in [3.05, 3.63) is 71.3 Å². The van der Waals surface area contributed by atoms with E-state index in [0.29, 0.717) is 11.5 Å². The summed E-state index contributed by atoms with van der Waals surface area (Å²) in [5.74, 6) is -0.199. The molecule has 1 saturated heterocycles. The van der Waals surface area contributed by atoms with Gasteiger partial charge in [-0.2, -0.15) is 0 Å². The topological polar surface area (TPSA) is 40.5 Å². The van der Waals surface area contributed by atoms with Crippen molar-refractivity contribution in [3.63, 3.8) is 0 Å². The van der Waals surface area contributed by atoms with Gasteiger partial charge in [0, 0.05) is 25.6 Å². The maximum absolute atomic E-state index is 10.8. The summed E-state index contributed by atoms with van der Waals surface area (Å²) < 4.78 is 0. The molecule has 3 heteroatoms. The first-order valence-corrected chi connectivity index (χ1v) is 7.32. The van der Waals surface area contributed by atoms with Gasteiger partial charge in [-0.25, -0.2) is 4.79 Å². The number of likely N-dealkylation sites (tertiary alicyclic amines) is 1. The zero-order valence-electron chi connectivity index (χ0n) is 11.9. The summed E-state index contributed by atoms with van der Waals surface area (Å²) in [5, 5.41) is 8.87. The van der Waals surface area contributed by atoms with E-state index in [0.717, 1.165) is 26.1 Å². The summed E-state index contributed by atoms with van der Waals surface area (Å²) in [5.41, 5.74) is 2.98. The summed E-state index contributed by atoms with van der Waals surface area (Å²) in [4.78, 5) is 13.2. The maximum atomic E-state index is 10.8. The van der Waals surface area contributed by atoms with Crippen LogP contribution in [0.4, 0.5) is 0 Å². The molecule has 2 aromatic carbocycles. The van der Waals surface area contributed by atoms with E-state index in [4.69, 9.17) is 5.11 Å². The second-order valence-corrected chi connectivity index (χ2v) is 5.62. The van der Waals surface area contributed by atoms with Crippen molar-refractivity contribution in [1.29, 1.82) is 0 Å². The van der Waals surface area contributed by atoms with Gasteiger partial charge in [0.25, 0.3) is 0 Å². The Hall–Kier alpha value is -2.13. The molecule has 3 nitrogen and oxygen atoms in total. The van der Waals surface area contributed by atoms with Crippen LogP contribution in [0.3, 0.4) is 0 Å². The zero-order valence-corrected chi connectivity index (χ0v) is 11.9. The van der Waals surface area contributed by atoms with Gasteiger partial charge in [0.15, 0.2) is 0 Å². The molecule has 1 aliphatic rings. The Morgan fingerprint density at radius 3 is 2.33 bits per heavy atom. The van der Waals surface area contributed by atoms with Crippen LogP contribution in [0.25, 0.3) is 0 Å². The van der Waals surface area contributed by atoms with Crippen LogP contribution in [-0.2, 0) is 6.42 Å². The molecule has 1 heterocycles. The second kappa shape index (κ2) is 6.10. The highest BCUT2D eigenvalue weighted by Gasteiger charge is 2.27. The Morgan fingerprint density at radius 1 is 1.05 bits per heavy atom. The van der Waals surface area contributed by atoms with Crippen LogP contribution in [0, 0.1) is 0 Å². The molecule has 0 radical (unpaired) electrons. The van der Waals surface area contributed by atoms with Gasteiger partial charge in [-0.3, -0.25) is 0 Å². The largest absolute Gasteiger partial charge is 0.478 e. The molecule has 0 atom stereocenters. The first kappa shape index (κ1) is 13.8. The van der Waals surface area contributed by atoms with Crippen LogP contribution in [0.1, 0.15) is 27.4 Å². The third-order valence-corrected chi connectivity index (χ3v) is 4.15. The molecular weight excluding hydrogens is 262 g/mol. The molecule has 21 heavy (non-hydrogen) atoms. The van der Waals surface area contributed by atoms with Gasteiger partial charge in [-0.15, -0.1) is 0 Å². The van der Waals surface area contributed by atoms with E-state index in [-0.39, 0.29) is 0 Å². The highest BCUT2D eigenvalue weighted by molar-refractivity contribution is 5.87. The predicted molar refractivity (Wildman–Crippen MR) is 82.7 cm³/mol. The number of benzene rings is 2. The van der Waals surface area contributed by atoms with Crippen molar-refractivity contribution in [2.75, 3.05) is 19.6 Å². The van der Waals surface area contributed by atoms with Gasteiger partial charge in [-0.05, 0) is 29.7 Å². The van der Waals surface area contributed by atoms with Crippen LogP contribution in [0.5, 0.6) is 0 Å². The summed E-state index contributed by atoms with van der Waals surface area (Å²) in [6.07, 6.45) is 0.974. The van der Waals surface area contributed by atoms with E-state index in [1.165, 1.54) is 11.1 Å². The molecule has 1 N–H and O–H groups in total. The van der Waals surface area contributed by atoms with Gasteiger partial charge in [0.05, 0.1) is 5.56 Å². The summed E-state index contributed by atoms with van der Waals surface area (Å²) >= 11 is 0. The fraction of sp³-hybridized carbons (Fsp3) is 0.278. The van der Waals surface area contributed by atoms with Crippen molar-refractivity contribution in [2.24, 2.45) is 0 Å². The molecule has 0 aliphatic carbocycles. The minimum absolute atomic E-state index is 0.354. The molecule has 0 unspecified atom stereocenters. The third-order valence-electron chi connectivity index (χ3n) is 4.15. The smallest absolute Gasteiger partial charge is 0.335 e. The molecule has 1 aliphatic heterocycles. The molecule has 0 aromatic heterocycles. The molecule has 3 rings (SSSR count). The van der Waals surface area contributed by atoms with Crippen LogP contribution < -0.4 is 0 Å². The highest BCUT2D eigenvalue weighted by Crippen LogP contribution is 2.26. The molecule has 108 valence electrons. The average Bonchev–Trinajstić information content (AvgIpc) is 2.47. The quantitative estimate of drug-likeness (QED) is 0.916. The third kappa shape index (κ3) is 3.31. The van der Waals surface area contributed by atoms with Crippen LogP contribution in [-0.4, -0.2) is 35.6 Å². The lowest BCUT2D eigenvalue weighted by atomic mass is 9.91. The van der Waals surface area contributed by atoms with E-state index in [1.807, 2.05) is 12.1 Å². The first-order chi connectivity index (χ1) is 10.2. The highest BCUT2D eigenvalue weighted by atomic mass is 16.4. The molecule has 1 fully saturated rings. The average molecular weight is 281 g/mol. The summed E-state index contributed by atoms with van der Waals surface area (Å²) in [6.45, 7) is 3.28. The molecule has 0 saturated carbocycles. The Bertz CT molecular complexity index is 601. The van der Waals surface area contributed by atoms with Crippen molar-refractivity contribution in [3.8, 4) is 0 Å². The van der Waals surface area contributed by atoms with Gasteiger partial charge < -0.3 is 10.0 Å². The van der Waals surface area contributed by atoms with Crippen molar-refractivity contribution in [2.45, 2.75) is 12.3 Å². The normalized spacial score (nSPS) is 15.6.